The molecule has 51 heavy (non-hydrogen) atoms. The van der Waals surface area contributed by atoms with E-state index >= 15 is 0 Å². The molecule has 0 spiro atoms. The minimum atomic E-state index is -0.626. The summed E-state index contributed by atoms with van der Waals surface area (Å²) in [6.45, 7) is 9.66. The van der Waals surface area contributed by atoms with Crippen molar-refractivity contribution < 1.29 is 23.8 Å². The van der Waals surface area contributed by atoms with Gasteiger partial charge in [-0.25, -0.2) is 0 Å². The molecule has 0 atom stereocenters. The number of anilines is 1. The fourth-order valence-electron chi connectivity index (χ4n) is 5.99. The molecule has 0 aliphatic rings. The van der Waals surface area contributed by atoms with Gasteiger partial charge < -0.3 is 19.5 Å². The van der Waals surface area contributed by atoms with Crippen molar-refractivity contribution in [3.63, 3.8) is 0 Å². The van der Waals surface area contributed by atoms with Gasteiger partial charge in [0.2, 0.25) is 5.91 Å². The molecular weight excluding hydrogens is 648 g/mol. The van der Waals surface area contributed by atoms with Crippen LogP contribution >= 0.6 is 0 Å². The third-order valence-electron chi connectivity index (χ3n) is 9.13. The molecule has 0 unspecified atom stereocenters. The molecule has 0 fully saturated rings. The average molecular weight is 707 g/mol. The first-order chi connectivity index (χ1) is 24.3. The Labute approximate surface area is 302 Å². The minimum absolute atomic E-state index is 0.0816. The topological polar surface area (TPSA) is 137 Å². The van der Waals surface area contributed by atoms with Gasteiger partial charge in [0.1, 0.15) is 12.4 Å². The van der Waals surface area contributed by atoms with Crippen LogP contribution in [0.4, 0.5) is 11.4 Å². The van der Waals surface area contributed by atoms with Crippen molar-refractivity contribution in [2.75, 3.05) is 18.5 Å². The molecule has 0 aliphatic carbocycles. The van der Waals surface area contributed by atoms with E-state index in [9.17, 15) is 24.5 Å². The van der Waals surface area contributed by atoms with Crippen molar-refractivity contribution in [2.45, 2.75) is 137 Å². The lowest BCUT2D eigenvalue weighted by molar-refractivity contribution is -0.384. The van der Waals surface area contributed by atoms with E-state index < -0.39 is 27.5 Å². The molecule has 3 rings (SSSR count). The van der Waals surface area contributed by atoms with E-state index in [0.29, 0.717) is 23.7 Å². The molecule has 280 valence electrons. The third kappa shape index (κ3) is 12.7. The summed E-state index contributed by atoms with van der Waals surface area (Å²) in [6, 6.07) is 10.9. The maximum atomic E-state index is 13.7. The van der Waals surface area contributed by atoms with E-state index in [4.69, 9.17) is 9.26 Å². The van der Waals surface area contributed by atoms with Crippen molar-refractivity contribution in [2.24, 2.45) is 0 Å². The van der Waals surface area contributed by atoms with Crippen LogP contribution in [0.25, 0.3) is 5.69 Å². The number of hydrogen-bond acceptors (Lipinski definition) is 7. The zero-order valence-electron chi connectivity index (χ0n) is 31.6. The molecule has 1 heterocycles. The minimum Gasteiger partial charge on any atom is -0.489 e. The second-order valence-corrected chi connectivity index (χ2v) is 14.4. The van der Waals surface area contributed by atoms with Crippen molar-refractivity contribution in [3.8, 4) is 11.4 Å². The summed E-state index contributed by atoms with van der Waals surface area (Å²) >= 11 is 0. The van der Waals surface area contributed by atoms with Gasteiger partial charge in [-0.15, -0.1) is 4.74 Å². The Kier molecular flexibility index (Phi) is 16.4. The zero-order valence-corrected chi connectivity index (χ0v) is 31.6. The first-order valence-electron chi connectivity index (χ1n) is 18.6. The summed E-state index contributed by atoms with van der Waals surface area (Å²) in [5.74, 6) is 0.277. The monoisotopic (exact) mass is 706 g/mol. The molecule has 0 radical (unpaired) electrons. The summed E-state index contributed by atoms with van der Waals surface area (Å²) in [6.07, 6.45) is 17.5. The lowest BCUT2D eigenvalue weighted by Gasteiger charge is -2.17. The van der Waals surface area contributed by atoms with Crippen molar-refractivity contribution >= 4 is 23.2 Å². The third-order valence-corrected chi connectivity index (χ3v) is 9.13. The van der Waals surface area contributed by atoms with E-state index in [0.717, 1.165) is 24.0 Å². The molecule has 0 saturated carbocycles. The van der Waals surface area contributed by atoms with Gasteiger partial charge in [0.15, 0.2) is 11.4 Å². The van der Waals surface area contributed by atoms with Crippen LogP contribution in [0.1, 0.15) is 146 Å². The second-order valence-electron chi connectivity index (χ2n) is 14.4. The van der Waals surface area contributed by atoms with E-state index in [2.05, 4.69) is 12.2 Å². The van der Waals surface area contributed by atoms with Crippen LogP contribution in [-0.2, 0) is 16.8 Å². The highest BCUT2D eigenvalue weighted by Crippen LogP contribution is 2.30. The fourth-order valence-corrected chi connectivity index (χ4v) is 5.99. The molecule has 1 N–H and O–H groups in total. The van der Waals surface area contributed by atoms with Gasteiger partial charge in [-0.1, -0.05) is 111 Å². The van der Waals surface area contributed by atoms with Crippen LogP contribution in [0, 0.1) is 10.1 Å². The standard InChI is InChI=1S/C40H58N4O7/c1-7-8-9-10-11-12-13-14-15-16-17-18-19-20-27-41-38(46)31-21-26-35(36(28-31)44(48)49)43-39(47)34(37(51-43)40(3,4)5)29-50-33-24-22-32(23-25-33)42(6)30(2)45/h21-26,28H,7-20,27,29H2,1-6H3,(H,41,46). The predicted molar refractivity (Wildman–Crippen MR) is 202 cm³/mol. The summed E-state index contributed by atoms with van der Waals surface area (Å²) in [5, 5.41) is 15.0. The highest BCUT2D eigenvalue weighted by molar-refractivity contribution is 5.95. The normalized spacial score (nSPS) is 11.4. The first kappa shape index (κ1) is 41.0. The quantitative estimate of drug-likeness (QED) is 0.0624. The Hall–Kier alpha value is -4.41. The first-order valence-corrected chi connectivity index (χ1v) is 18.6. The summed E-state index contributed by atoms with van der Waals surface area (Å²) in [7, 11) is 1.67. The maximum Gasteiger partial charge on any atom is 0.297 e. The van der Waals surface area contributed by atoms with E-state index in [1.807, 2.05) is 20.8 Å². The number of aromatic nitrogens is 1. The smallest absolute Gasteiger partial charge is 0.297 e. The molecule has 2 aromatic carbocycles. The van der Waals surface area contributed by atoms with Crippen LogP contribution < -0.4 is 20.5 Å². The number of carbonyl (C=O) groups excluding carboxylic acids is 2. The highest BCUT2D eigenvalue weighted by atomic mass is 16.6. The van der Waals surface area contributed by atoms with Crippen molar-refractivity contribution in [1.29, 1.82) is 0 Å². The number of carbonyl (C=O) groups is 2. The van der Waals surface area contributed by atoms with Gasteiger partial charge in [0, 0.05) is 43.2 Å². The molecule has 11 nitrogen and oxygen atoms in total. The van der Waals surface area contributed by atoms with Gasteiger partial charge in [-0.3, -0.25) is 24.5 Å². The number of ether oxygens (including phenoxy) is 1. The second kappa shape index (κ2) is 20.4. The lowest BCUT2D eigenvalue weighted by Crippen LogP contribution is -2.25. The van der Waals surface area contributed by atoms with E-state index in [1.54, 1.807) is 31.3 Å². The number of benzene rings is 2. The number of unbranched alkanes of at least 4 members (excludes halogenated alkanes) is 13. The molecule has 0 aliphatic heterocycles. The molecule has 1 aromatic heterocycles. The molecular formula is C40H58N4O7. The fraction of sp³-hybridized carbons (Fsp3) is 0.575. The maximum absolute atomic E-state index is 13.7. The number of nitro groups is 1. The highest BCUT2D eigenvalue weighted by Gasteiger charge is 2.31. The SMILES string of the molecule is CCCCCCCCCCCCCCCCNC(=O)c1ccc(-n2oc(C(C)(C)C)c(COc3ccc(N(C)C(C)=O)cc3)c2=O)c([N+](=O)[O-])c1. The molecule has 0 bridgehead atoms. The van der Waals surface area contributed by atoms with Gasteiger partial charge in [-0.05, 0) is 42.8 Å². The van der Waals surface area contributed by atoms with Crippen LogP contribution in [0.5, 0.6) is 5.75 Å². The Bertz CT molecular complexity index is 1620. The van der Waals surface area contributed by atoms with Gasteiger partial charge in [-0.2, -0.15) is 0 Å². The lowest BCUT2D eigenvalue weighted by atomic mass is 9.91. The number of nitro benzene ring substituents is 1. The van der Waals surface area contributed by atoms with Crippen LogP contribution in [0.15, 0.2) is 51.8 Å². The van der Waals surface area contributed by atoms with Crippen molar-refractivity contribution in [1.82, 2.24) is 10.1 Å². The largest absolute Gasteiger partial charge is 0.489 e. The molecule has 0 saturated heterocycles. The van der Waals surface area contributed by atoms with E-state index in [-0.39, 0.29) is 29.3 Å². The zero-order chi connectivity index (χ0) is 37.4. The van der Waals surface area contributed by atoms with Gasteiger partial charge in [0.05, 0.1) is 10.5 Å². The summed E-state index contributed by atoms with van der Waals surface area (Å²) in [5.41, 5.74) is -0.680. The van der Waals surface area contributed by atoms with Gasteiger partial charge in [0.25, 0.3) is 17.2 Å². The number of nitrogens with one attached hydrogen (secondary N) is 1. The number of hydrogen-bond donors (Lipinski definition) is 1. The number of amides is 2. The Morgan fingerprint density at radius 1 is 0.882 bits per heavy atom. The number of nitrogens with zero attached hydrogens (tertiary/aromatic N) is 3. The van der Waals surface area contributed by atoms with Crippen LogP contribution in [-0.4, -0.2) is 35.1 Å². The Balaban J connectivity index is 1.57. The summed E-state index contributed by atoms with van der Waals surface area (Å²) in [4.78, 5) is 51.3. The summed E-state index contributed by atoms with van der Waals surface area (Å²) < 4.78 is 12.8. The van der Waals surface area contributed by atoms with Crippen LogP contribution in [0.2, 0.25) is 0 Å². The van der Waals surface area contributed by atoms with E-state index in [1.165, 1.54) is 101 Å². The van der Waals surface area contributed by atoms with Crippen molar-refractivity contribution in [3.05, 3.63) is 79.8 Å². The molecule has 3 aromatic rings. The Morgan fingerprint density at radius 2 is 1.43 bits per heavy atom. The Morgan fingerprint density at radius 3 is 1.94 bits per heavy atom. The van der Waals surface area contributed by atoms with Gasteiger partial charge >= 0.3 is 0 Å². The average Bonchev–Trinajstić information content (AvgIpc) is 3.44. The number of rotatable bonds is 22. The molecule has 11 heteroatoms. The van der Waals surface area contributed by atoms with Crippen LogP contribution in [0.3, 0.4) is 0 Å². The predicted octanol–water partition coefficient (Wildman–Crippen LogP) is 9.41. The molecule has 2 amide bonds.